The summed E-state index contributed by atoms with van der Waals surface area (Å²) in [6, 6.07) is 57.9. The summed E-state index contributed by atoms with van der Waals surface area (Å²) in [6.07, 6.45) is 0. The van der Waals surface area contributed by atoms with Crippen LogP contribution < -0.4 is 0 Å². The molecule has 0 N–H and O–H groups in total. The van der Waals surface area contributed by atoms with Crippen LogP contribution in [0.15, 0.2) is 164 Å². The van der Waals surface area contributed by atoms with Crippen LogP contribution in [0.4, 0.5) is 0 Å². The average molecular weight is 638 g/mol. The summed E-state index contributed by atoms with van der Waals surface area (Å²) in [4.78, 5) is 15.2. The van der Waals surface area contributed by atoms with E-state index in [1.165, 1.54) is 43.5 Å². The molecule has 0 saturated carbocycles. The second-order valence-electron chi connectivity index (χ2n) is 12.9. The van der Waals surface area contributed by atoms with Crippen molar-refractivity contribution >= 4 is 65.4 Å². The molecule has 0 unspecified atom stereocenters. The highest BCUT2D eigenvalue weighted by molar-refractivity contribution is 6.25. The lowest BCUT2D eigenvalue weighted by atomic mass is 10.1. The van der Waals surface area contributed by atoms with Gasteiger partial charge in [0.05, 0.1) is 33.1 Å². The lowest BCUT2D eigenvalue weighted by Gasteiger charge is -2.13. The maximum Gasteiger partial charge on any atom is 0.164 e. The van der Waals surface area contributed by atoms with Crippen LogP contribution in [0, 0.1) is 0 Å². The normalized spacial score (nSPS) is 12.0. The fourth-order valence-electron chi connectivity index (χ4n) is 7.92. The van der Waals surface area contributed by atoms with Gasteiger partial charge in [-0.25, -0.2) is 15.0 Å². The van der Waals surface area contributed by atoms with Crippen molar-refractivity contribution in [3.8, 4) is 34.2 Å². The summed E-state index contributed by atoms with van der Waals surface area (Å²) < 4.78 is 4.94. The number of nitrogens with zero attached hydrogens (tertiary/aromatic N) is 5. The zero-order valence-corrected chi connectivity index (χ0v) is 26.8. The van der Waals surface area contributed by atoms with E-state index in [0.717, 1.165) is 38.6 Å². The van der Waals surface area contributed by atoms with Crippen molar-refractivity contribution in [2.24, 2.45) is 0 Å². The van der Waals surface area contributed by atoms with Gasteiger partial charge in [0, 0.05) is 49.0 Å². The van der Waals surface area contributed by atoms with Gasteiger partial charge in [-0.1, -0.05) is 140 Å². The molecule has 11 aromatic rings. The van der Waals surface area contributed by atoms with Crippen LogP contribution in [-0.2, 0) is 0 Å². The molecule has 0 spiro atoms. The molecule has 7 aromatic carbocycles. The lowest BCUT2D eigenvalue weighted by molar-refractivity contribution is 1.07. The molecule has 0 radical (unpaired) electrons. The third kappa shape index (κ3) is 3.80. The fourth-order valence-corrected chi connectivity index (χ4v) is 7.92. The van der Waals surface area contributed by atoms with Gasteiger partial charge < -0.3 is 8.80 Å². The zero-order valence-electron chi connectivity index (χ0n) is 26.8. The topological polar surface area (TPSA) is 47.5 Å². The number of hydrogen-bond donors (Lipinski definition) is 0. The summed E-state index contributed by atoms with van der Waals surface area (Å²) in [5.74, 6) is 1.93. The molecule has 232 valence electrons. The molecule has 0 aliphatic carbocycles. The predicted octanol–water partition coefficient (Wildman–Crippen LogP) is 11.1. The summed E-state index contributed by atoms with van der Waals surface area (Å²) in [5, 5.41) is 7.25. The Hall–Kier alpha value is -6.85. The second-order valence-corrected chi connectivity index (χ2v) is 12.9. The van der Waals surface area contributed by atoms with Crippen LogP contribution in [0.25, 0.3) is 99.6 Å². The Morgan fingerprint density at radius 2 is 0.640 bits per heavy atom. The van der Waals surface area contributed by atoms with Gasteiger partial charge in [0.15, 0.2) is 17.5 Å². The van der Waals surface area contributed by atoms with Crippen molar-refractivity contribution in [2.75, 3.05) is 0 Å². The van der Waals surface area contributed by atoms with Crippen molar-refractivity contribution in [2.45, 2.75) is 0 Å². The minimum absolute atomic E-state index is 0.635. The molecule has 0 amide bonds. The number of fused-ring (bicyclic) bond motifs is 11. The van der Waals surface area contributed by atoms with Crippen LogP contribution >= 0.6 is 0 Å². The van der Waals surface area contributed by atoms with Crippen LogP contribution in [0.5, 0.6) is 0 Å². The number of rotatable bonds is 3. The first-order valence-corrected chi connectivity index (χ1v) is 16.9. The molecule has 11 rings (SSSR count). The minimum Gasteiger partial charge on any atom is -0.307 e. The summed E-state index contributed by atoms with van der Waals surface area (Å²) in [6.45, 7) is 0. The number of aromatic nitrogens is 5. The third-order valence-corrected chi connectivity index (χ3v) is 10.1. The zero-order chi connectivity index (χ0) is 32.8. The molecule has 50 heavy (non-hydrogen) atoms. The van der Waals surface area contributed by atoms with Gasteiger partial charge >= 0.3 is 0 Å². The number of hydrogen-bond acceptors (Lipinski definition) is 3. The predicted molar refractivity (Wildman–Crippen MR) is 206 cm³/mol. The first kappa shape index (κ1) is 27.1. The van der Waals surface area contributed by atoms with E-state index in [1.807, 2.05) is 60.7 Å². The molecule has 0 fully saturated rings. The Labute approximate surface area is 286 Å². The molecule has 4 heterocycles. The van der Waals surface area contributed by atoms with Crippen LogP contribution in [0.2, 0.25) is 0 Å². The molecule has 5 nitrogen and oxygen atoms in total. The van der Waals surface area contributed by atoms with Crippen molar-refractivity contribution in [1.29, 1.82) is 0 Å². The van der Waals surface area contributed by atoms with Gasteiger partial charge in [-0.3, -0.25) is 0 Å². The van der Waals surface area contributed by atoms with Crippen molar-refractivity contribution < 1.29 is 0 Å². The highest BCUT2D eigenvalue weighted by Gasteiger charge is 2.21. The summed E-state index contributed by atoms with van der Waals surface area (Å²) in [7, 11) is 0. The van der Waals surface area contributed by atoms with E-state index in [-0.39, 0.29) is 0 Å². The molecule has 0 aliphatic rings. The Bertz CT molecular complexity index is 3080. The number of benzene rings is 7. The fraction of sp³-hybridized carbons (Fsp3) is 0. The van der Waals surface area contributed by atoms with E-state index in [9.17, 15) is 0 Å². The van der Waals surface area contributed by atoms with Gasteiger partial charge in [0.1, 0.15) is 0 Å². The van der Waals surface area contributed by atoms with E-state index < -0.39 is 0 Å². The first-order chi connectivity index (χ1) is 24.8. The first-order valence-electron chi connectivity index (χ1n) is 16.9. The van der Waals surface area contributed by atoms with Gasteiger partial charge in [0.2, 0.25) is 0 Å². The van der Waals surface area contributed by atoms with Crippen molar-refractivity contribution in [3.05, 3.63) is 164 Å². The number of para-hydroxylation sites is 3. The molecule has 4 aromatic heterocycles. The van der Waals surface area contributed by atoms with Gasteiger partial charge in [-0.05, 0) is 24.3 Å². The van der Waals surface area contributed by atoms with E-state index in [1.54, 1.807) is 0 Å². The smallest absolute Gasteiger partial charge is 0.164 e. The molecule has 0 atom stereocenters. The highest BCUT2D eigenvalue weighted by Crippen LogP contribution is 2.42. The van der Waals surface area contributed by atoms with Gasteiger partial charge in [-0.15, -0.1) is 0 Å². The maximum absolute atomic E-state index is 5.10. The SMILES string of the molecule is c1ccc(-c2nc(-c3ccccc3)nc(-c3ccc4c5ccccc5n5c6ccccc6c6ccc7c8ccccc8n(c4c3)c7c65)n2)cc1. The van der Waals surface area contributed by atoms with E-state index in [4.69, 9.17) is 15.0 Å². The monoisotopic (exact) mass is 637 g/mol. The molecule has 0 bridgehead atoms. The molecule has 0 saturated heterocycles. The molecular weight excluding hydrogens is 611 g/mol. The lowest BCUT2D eigenvalue weighted by Crippen LogP contribution is -2.00. The highest BCUT2D eigenvalue weighted by atomic mass is 15.0. The van der Waals surface area contributed by atoms with Gasteiger partial charge in [-0.2, -0.15) is 0 Å². The van der Waals surface area contributed by atoms with Gasteiger partial charge in [0.25, 0.3) is 0 Å². The van der Waals surface area contributed by atoms with E-state index in [2.05, 4.69) is 112 Å². The Balaban J connectivity index is 1.34. The van der Waals surface area contributed by atoms with Crippen molar-refractivity contribution in [3.63, 3.8) is 0 Å². The Morgan fingerprint density at radius 1 is 0.280 bits per heavy atom. The van der Waals surface area contributed by atoms with Crippen LogP contribution in [0.1, 0.15) is 0 Å². The summed E-state index contributed by atoms with van der Waals surface area (Å²) >= 11 is 0. The maximum atomic E-state index is 5.10. The second kappa shape index (κ2) is 10.3. The van der Waals surface area contributed by atoms with E-state index >= 15 is 0 Å². The standard InChI is InChI=1S/C45H27N5/c1-3-13-28(14-4-1)43-46-44(29-15-5-2-6-16-29)48-45(47-43)30-23-24-34-31-17-7-10-20-37(31)49-38-21-11-8-18-32(38)35-25-26-36-33-19-9-12-22-39(33)50(40(34)27-30)42(36)41(35)49/h1-27H. The quantitative estimate of drug-likeness (QED) is 0.194. The van der Waals surface area contributed by atoms with Crippen LogP contribution in [0.3, 0.4) is 0 Å². The molecular formula is C45H27N5. The minimum atomic E-state index is 0.635. The largest absolute Gasteiger partial charge is 0.307 e. The molecule has 0 aliphatic heterocycles. The summed E-state index contributed by atoms with van der Waals surface area (Å²) in [5.41, 5.74) is 9.85. The molecule has 5 heteroatoms. The Morgan fingerprint density at radius 3 is 1.14 bits per heavy atom. The van der Waals surface area contributed by atoms with Crippen LogP contribution in [-0.4, -0.2) is 23.8 Å². The third-order valence-electron chi connectivity index (χ3n) is 10.1. The average Bonchev–Trinajstić information content (AvgIpc) is 3.70. The van der Waals surface area contributed by atoms with E-state index in [0.29, 0.717) is 17.5 Å². The Kier molecular flexibility index (Phi) is 5.60. The van der Waals surface area contributed by atoms with Crippen molar-refractivity contribution in [1.82, 2.24) is 23.8 Å².